The standard InChI is InChI=1S/C10H19/c1-3-9-5-7-10(4-2)8-6-9/h3,9-10H,4-8H2,1-2H3. The minimum atomic E-state index is 0.947. The van der Waals surface area contributed by atoms with Crippen LogP contribution in [-0.2, 0) is 0 Å². The van der Waals surface area contributed by atoms with Gasteiger partial charge in [0.1, 0.15) is 0 Å². The molecule has 1 aliphatic rings. The minimum absolute atomic E-state index is 0.947. The Bertz CT molecular complexity index is 66.0. The van der Waals surface area contributed by atoms with E-state index in [4.69, 9.17) is 0 Å². The summed E-state index contributed by atoms with van der Waals surface area (Å²) in [6.07, 6.45) is 9.64. The summed E-state index contributed by atoms with van der Waals surface area (Å²) in [7, 11) is 0. The fourth-order valence-electron chi connectivity index (χ4n) is 1.93. The molecule has 0 spiro atoms. The molecule has 0 amide bonds. The van der Waals surface area contributed by atoms with Gasteiger partial charge >= 0.3 is 0 Å². The van der Waals surface area contributed by atoms with Gasteiger partial charge in [-0.15, -0.1) is 0 Å². The van der Waals surface area contributed by atoms with Crippen molar-refractivity contribution in [1.82, 2.24) is 0 Å². The van der Waals surface area contributed by atoms with Gasteiger partial charge < -0.3 is 0 Å². The first-order chi connectivity index (χ1) is 4.86. The Balaban J connectivity index is 2.17. The van der Waals surface area contributed by atoms with Crippen molar-refractivity contribution in [3.8, 4) is 0 Å². The van der Waals surface area contributed by atoms with Gasteiger partial charge in [-0.2, -0.15) is 0 Å². The molecule has 1 saturated carbocycles. The molecule has 0 aromatic carbocycles. The molecule has 0 atom stereocenters. The molecule has 0 heteroatoms. The number of hydrogen-bond acceptors (Lipinski definition) is 0. The Labute approximate surface area is 65.0 Å². The van der Waals surface area contributed by atoms with E-state index in [1.54, 1.807) is 0 Å². The van der Waals surface area contributed by atoms with Crippen LogP contribution in [0.5, 0.6) is 0 Å². The zero-order valence-corrected chi connectivity index (χ0v) is 7.27. The molecule has 10 heavy (non-hydrogen) atoms. The lowest BCUT2D eigenvalue weighted by atomic mass is 9.80. The Morgan fingerprint density at radius 2 is 1.80 bits per heavy atom. The molecular weight excluding hydrogens is 120 g/mol. The highest BCUT2D eigenvalue weighted by Crippen LogP contribution is 2.31. The highest BCUT2D eigenvalue weighted by molar-refractivity contribution is 4.78. The second kappa shape index (κ2) is 4.00. The van der Waals surface area contributed by atoms with Crippen molar-refractivity contribution in [3.63, 3.8) is 0 Å². The Hall–Kier alpha value is 0. The Kier molecular flexibility index (Phi) is 3.24. The summed E-state index contributed by atoms with van der Waals surface area (Å²) in [6, 6.07) is 0. The molecule has 0 bridgehead atoms. The number of rotatable bonds is 2. The molecule has 0 N–H and O–H groups in total. The average Bonchev–Trinajstić information content (AvgIpc) is 2.05. The zero-order valence-electron chi connectivity index (χ0n) is 7.27. The fourth-order valence-corrected chi connectivity index (χ4v) is 1.93. The van der Waals surface area contributed by atoms with Crippen LogP contribution >= 0.6 is 0 Å². The van der Waals surface area contributed by atoms with Crippen molar-refractivity contribution in [2.75, 3.05) is 0 Å². The van der Waals surface area contributed by atoms with Crippen molar-refractivity contribution in [2.45, 2.75) is 46.0 Å². The molecule has 0 nitrogen and oxygen atoms in total. The van der Waals surface area contributed by atoms with Crippen LogP contribution < -0.4 is 0 Å². The Morgan fingerprint density at radius 3 is 2.20 bits per heavy atom. The first-order valence-corrected chi connectivity index (χ1v) is 4.66. The van der Waals surface area contributed by atoms with E-state index in [0.717, 1.165) is 11.8 Å². The molecule has 0 heterocycles. The summed E-state index contributed by atoms with van der Waals surface area (Å²) in [6.45, 7) is 4.53. The maximum atomic E-state index is 2.38. The fraction of sp³-hybridized carbons (Fsp3) is 0.900. The summed E-state index contributed by atoms with van der Waals surface area (Å²) in [5.74, 6) is 2.00. The van der Waals surface area contributed by atoms with Crippen molar-refractivity contribution >= 4 is 0 Å². The van der Waals surface area contributed by atoms with Crippen molar-refractivity contribution in [1.29, 1.82) is 0 Å². The first-order valence-electron chi connectivity index (χ1n) is 4.66. The summed E-state index contributed by atoms with van der Waals surface area (Å²) in [5, 5.41) is 0. The quantitative estimate of drug-likeness (QED) is 0.550. The maximum Gasteiger partial charge on any atom is -0.0386 e. The highest BCUT2D eigenvalue weighted by Gasteiger charge is 2.17. The van der Waals surface area contributed by atoms with Gasteiger partial charge in [0.25, 0.3) is 0 Å². The minimum Gasteiger partial charge on any atom is -0.0651 e. The van der Waals surface area contributed by atoms with Gasteiger partial charge in [-0.05, 0) is 31.1 Å². The predicted octanol–water partition coefficient (Wildman–Crippen LogP) is 3.43. The molecule has 0 aromatic rings. The van der Waals surface area contributed by atoms with Crippen molar-refractivity contribution < 1.29 is 0 Å². The number of hydrogen-bond donors (Lipinski definition) is 0. The van der Waals surface area contributed by atoms with Gasteiger partial charge in [0, 0.05) is 0 Å². The van der Waals surface area contributed by atoms with Gasteiger partial charge in [-0.1, -0.05) is 33.1 Å². The predicted molar refractivity (Wildman–Crippen MR) is 45.7 cm³/mol. The van der Waals surface area contributed by atoms with E-state index in [1.807, 2.05) is 0 Å². The lowest BCUT2D eigenvalue weighted by molar-refractivity contribution is 0.293. The largest absolute Gasteiger partial charge is 0.0651 e. The second-order valence-corrected chi connectivity index (χ2v) is 3.52. The average molecular weight is 139 g/mol. The summed E-state index contributed by atoms with van der Waals surface area (Å²) in [5.41, 5.74) is 0. The van der Waals surface area contributed by atoms with Gasteiger partial charge in [0.15, 0.2) is 0 Å². The second-order valence-electron chi connectivity index (χ2n) is 3.52. The molecule has 1 radical (unpaired) electrons. The third-order valence-corrected chi connectivity index (χ3v) is 2.94. The van der Waals surface area contributed by atoms with E-state index in [2.05, 4.69) is 20.3 Å². The van der Waals surface area contributed by atoms with Gasteiger partial charge in [-0.25, -0.2) is 0 Å². The lowest BCUT2D eigenvalue weighted by Crippen LogP contribution is -2.13. The molecule has 1 fully saturated rings. The van der Waals surface area contributed by atoms with Crippen LogP contribution in [-0.4, -0.2) is 0 Å². The molecule has 1 rings (SSSR count). The van der Waals surface area contributed by atoms with Crippen LogP contribution in [0, 0.1) is 18.3 Å². The van der Waals surface area contributed by atoms with E-state index in [-0.39, 0.29) is 0 Å². The molecular formula is C10H19. The summed E-state index contributed by atoms with van der Waals surface area (Å²) >= 11 is 0. The SMILES string of the molecule is C[CH]C1CCC(CC)CC1. The normalized spacial score (nSPS) is 34.2. The summed E-state index contributed by atoms with van der Waals surface area (Å²) < 4.78 is 0. The van der Waals surface area contributed by atoms with Crippen LogP contribution in [0.25, 0.3) is 0 Å². The molecule has 59 valence electrons. The first kappa shape index (κ1) is 8.10. The van der Waals surface area contributed by atoms with Crippen molar-refractivity contribution in [3.05, 3.63) is 6.42 Å². The molecule has 0 aromatic heterocycles. The highest BCUT2D eigenvalue weighted by atomic mass is 14.2. The lowest BCUT2D eigenvalue weighted by Gasteiger charge is -2.26. The van der Waals surface area contributed by atoms with Crippen LogP contribution in [0.15, 0.2) is 0 Å². The molecule has 0 unspecified atom stereocenters. The maximum absolute atomic E-state index is 2.38. The topological polar surface area (TPSA) is 0 Å². The van der Waals surface area contributed by atoms with Gasteiger partial charge in [0.2, 0.25) is 0 Å². The van der Waals surface area contributed by atoms with E-state index in [9.17, 15) is 0 Å². The third kappa shape index (κ3) is 2.00. The van der Waals surface area contributed by atoms with E-state index < -0.39 is 0 Å². The van der Waals surface area contributed by atoms with Crippen LogP contribution in [0.3, 0.4) is 0 Å². The monoisotopic (exact) mass is 139 g/mol. The zero-order chi connectivity index (χ0) is 7.40. The van der Waals surface area contributed by atoms with E-state index in [1.165, 1.54) is 32.1 Å². The third-order valence-electron chi connectivity index (χ3n) is 2.94. The smallest absolute Gasteiger partial charge is 0.0386 e. The van der Waals surface area contributed by atoms with E-state index in [0.29, 0.717) is 0 Å². The van der Waals surface area contributed by atoms with Crippen LogP contribution in [0.2, 0.25) is 0 Å². The van der Waals surface area contributed by atoms with Crippen LogP contribution in [0.4, 0.5) is 0 Å². The Morgan fingerprint density at radius 1 is 1.20 bits per heavy atom. The molecule has 0 saturated heterocycles. The van der Waals surface area contributed by atoms with Crippen molar-refractivity contribution in [2.24, 2.45) is 11.8 Å². The van der Waals surface area contributed by atoms with Gasteiger partial charge in [0.05, 0.1) is 0 Å². The van der Waals surface area contributed by atoms with Gasteiger partial charge in [-0.3, -0.25) is 0 Å². The summed E-state index contributed by atoms with van der Waals surface area (Å²) in [4.78, 5) is 0. The molecule has 0 aliphatic heterocycles. The van der Waals surface area contributed by atoms with E-state index >= 15 is 0 Å². The molecule has 1 aliphatic carbocycles. The van der Waals surface area contributed by atoms with Crippen LogP contribution in [0.1, 0.15) is 46.0 Å².